The van der Waals surface area contributed by atoms with Gasteiger partial charge >= 0.3 is 0 Å². The summed E-state index contributed by atoms with van der Waals surface area (Å²) in [4.78, 5) is 0. The SMILES string of the molecule is CCCCCCCCCc1ccc(OCCOCCOCCOCCOCCCCCC)cc1. The predicted molar refractivity (Wildman–Crippen MR) is 141 cm³/mol. The normalized spacial score (nSPS) is 11.2. The van der Waals surface area contributed by atoms with Gasteiger partial charge in [-0.15, -0.1) is 0 Å². The van der Waals surface area contributed by atoms with Crippen LogP contribution in [0.5, 0.6) is 5.75 Å². The summed E-state index contributed by atoms with van der Waals surface area (Å²) in [6.07, 6.45) is 15.6. The Hall–Kier alpha value is -1.14. The van der Waals surface area contributed by atoms with Crippen LogP contribution in [0, 0.1) is 0 Å². The molecule has 0 radical (unpaired) electrons. The minimum absolute atomic E-state index is 0.554. The lowest BCUT2D eigenvalue weighted by atomic mass is 10.0. The molecule has 0 amide bonds. The predicted octanol–water partition coefficient (Wildman–Crippen LogP) is 7.01. The summed E-state index contributed by atoms with van der Waals surface area (Å²) in [6.45, 7) is 10.1. The van der Waals surface area contributed by atoms with Crippen LogP contribution in [0.15, 0.2) is 24.3 Å². The molecule has 0 N–H and O–H groups in total. The van der Waals surface area contributed by atoms with Crippen LogP contribution in [0.25, 0.3) is 0 Å². The number of ether oxygens (including phenoxy) is 5. The number of benzene rings is 1. The Morgan fingerprint density at radius 1 is 0.441 bits per heavy atom. The molecule has 1 rings (SSSR count). The molecule has 34 heavy (non-hydrogen) atoms. The van der Waals surface area contributed by atoms with Crippen molar-refractivity contribution in [2.24, 2.45) is 0 Å². The second kappa shape index (κ2) is 25.0. The number of rotatable bonds is 26. The molecular weight excluding hydrogens is 428 g/mol. The molecule has 0 saturated carbocycles. The molecule has 198 valence electrons. The molecule has 0 heterocycles. The van der Waals surface area contributed by atoms with Gasteiger partial charge in [-0.1, -0.05) is 83.8 Å². The summed E-state index contributed by atoms with van der Waals surface area (Å²) < 4.78 is 27.9. The standard InChI is InChI=1S/C29H52O5/c1-3-5-7-9-10-11-12-14-28-15-17-29(18-16-28)34-27-26-33-25-24-32-23-22-31-21-20-30-19-13-8-6-4-2/h15-18H,3-14,19-27H2,1-2H3. The zero-order valence-electron chi connectivity index (χ0n) is 22.2. The molecule has 1 aromatic carbocycles. The highest BCUT2D eigenvalue weighted by atomic mass is 16.6. The van der Waals surface area contributed by atoms with Gasteiger partial charge in [-0.05, 0) is 37.0 Å². The van der Waals surface area contributed by atoms with Crippen molar-refractivity contribution in [2.75, 3.05) is 59.5 Å². The van der Waals surface area contributed by atoms with Crippen molar-refractivity contribution in [3.8, 4) is 5.75 Å². The van der Waals surface area contributed by atoms with Gasteiger partial charge in [0.1, 0.15) is 12.4 Å². The van der Waals surface area contributed by atoms with E-state index in [-0.39, 0.29) is 0 Å². The van der Waals surface area contributed by atoms with Crippen LogP contribution in [0.1, 0.15) is 90.0 Å². The van der Waals surface area contributed by atoms with Crippen molar-refractivity contribution in [3.05, 3.63) is 29.8 Å². The molecular formula is C29H52O5. The molecule has 0 atom stereocenters. The first-order chi connectivity index (χ1) is 16.9. The van der Waals surface area contributed by atoms with Crippen molar-refractivity contribution in [1.29, 1.82) is 0 Å². The maximum absolute atomic E-state index is 5.76. The fraction of sp³-hybridized carbons (Fsp3) is 0.793. The Bertz CT molecular complexity index is 520. The smallest absolute Gasteiger partial charge is 0.119 e. The highest BCUT2D eigenvalue weighted by Crippen LogP contribution is 2.15. The summed E-state index contributed by atoms with van der Waals surface area (Å²) >= 11 is 0. The summed E-state index contributed by atoms with van der Waals surface area (Å²) in [5.74, 6) is 0.908. The van der Waals surface area contributed by atoms with E-state index in [1.54, 1.807) is 0 Å². The van der Waals surface area contributed by atoms with Crippen LogP contribution in [-0.4, -0.2) is 59.5 Å². The Labute approximate surface area is 209 Å². The fourth-order valence-corrected chi connectivity index (χ4v) is 3.65. The largest absolute Gasteiger partial charge is 0.491 e. The van der Waals surface area contributed by atoms with Crippen LogP contribution in [-0.2, 0) is 25.4 Å². The molecule has 0 aliphatic carbocycles. The Kier molecular flexibility index (Phi) is 22.7. The Morgan fingerprint density at radius 2 is 0.882 bits per heavy atom. The Morgan fingerprint density at radius 3 is 1.44 bits per heavy atom. The van der Waals surface area contributed by atoms with E-state index in [1.807, 2.05) is 0 Å². The summed E-state index contributed by atoms with van der Waals surface area (Å²) in [6, 6.07) is 8.50. The average Bonchev–Trinajstić information content (AvgIpc) is 2.86. The fourth-order valence-electron chi connectivity index (χ4n) is 3.65. The van der Waals surface area contributed by atoms with Gasteiger partial charge in [0, 0.05) is 6.61 Å². The third-order valence-electron chi connectivity index (χ3n) is 5.75. The molecule has 0 spiro atoms. The van der Waals surface area contributed by atoms with Crippen molar-refractivity contribution < 1.29 is 23.7 Å². The first-order valence-electron chi connectivity index (χ1n) is 13.9. The number of hydrogen-bond donors (Lipinski definition) is 0. The molecule has 5 heteroatoms. The Balaban J connectivity index is 1.83. The van der Waals surface area contributed by atoms with Gasteiger partial charge in [-0.2, -0.15) is 0 Å². The number of hydrogen-bond acceptors (Lipinski definition) is 5. The summed E-state index contributed by atoms with van der Waals surface area (Å²) in [5, 5.41) is 0. The van der Waals surface area contributed by atoms with Crippen LogP contribution in [0.3, 0.4) is 0 Å². The quantitative estimate of drug-likeness (QED) is 0.134. The number of unbranched alkanes of at least 4 members (excludes halogenated alkanes) is 9. The molecule has 0 aromatic heterocycles. The second-order valence-corrected chi connectivity index (χ2v) is 8.87. The third kappa shape index (κ3) is 20.3. The lowest BCUT2D eigenvalue weighted by Crippen LogP contribution is -2.13. The van der Waals surface area contributed by atoms with Gasteiger partial charge < -0.3 is 23.7 Å². The monoisotopic (exact) mass is 480 g/mol. The minimum atomic E-state index is 0.554. The van der Waals surface area contributed by atoms with Gasteiger partial charge in [0.2, 0.25) is 0 Å². The van der Waals surface area contributed by atoms with Crippen LogP contribution < -0.4 is 4.74 Å². The first kappa shape index (κ1) is 30.9. The average molecular weight is 481 g/mol. The number of aryl methyl sites for hydroxylation is 1. The summed E-state index contributed by atoms with van der Waals surface area (Å²) in [5.41, 5.74) is 1.40. The molecule has 0 fully saturated rings. The van der Waals surface area contributed by atoms with E-state index >= 15 is 0 Å². The van der Waals surface area contributed by atoms with Gasteiger partial charge in [-0.25, -0.2) is 0 Å². The van der Waals surface area contributed by atoms with E-state index in [4.69, 9.17) is 23.7 Å². The van der Waals surface area contributed by atoms with Crippen LogP contribution >= 0.6 is 0 Å². The van der Waals surface area contributed by atoms with Crippen LogP contribution in [0.2, 0.25) is 0 Å². The van der Waals surface area contributed by atoms with E-state index in [2.05, 4.69) is 38.1 Å². The maximum atomic E-state index is 5.76. The van der Waals surface area contributed by atoms with E-state index in [0.29, 0.717) is 52.9 Å². The molecule has 0 unspecified atom stereocenters. The second-order valence-electron chi connectivity index (χ2n) is 8.87. The van der Waals surface area contributed by atoms with Gasteiger partial charge in [0.25, 0.3) is 0 Å². The van der Waals surface area contributed by atoms with E-state index in [1.165, 1.54) is 69.8 Å². The first-order valence-corrected chi connectivity index (χ1v) is 13.9. The van der Waals surface area contributed by atoms with E-state index in [0.717, 1.165) is 25.2 Å². The third-order valence-corrected chi connectivity index (χ3v) is 5.75. The van der Waals surface area contributed by atoms with Crippen molar-refractivity contribution in [1.82, 2.24) is 0 Å². The van der Waals surface area contributed by atoms with Gasteiger partial charge in [0.05, 0.1) is 46.2 Å². The van der Waals surface area contributed by atoms with Gasteiger partial charge in [0.15, 0.2) is 0 Å². The van der Waals surface area contributed by atoms with Crippen molar-refractivity contribution in [2.45, 2.75) is 90.9 Å². The van der Waals surface area contributed by atoms with Crippen molar-refractivity contribution in [3.63, 3.8) is 0 Å². The van der Waals surface area contributed by atoms with Crippen molar-refractivity contribution >= 4 is 0 Å². The summed E-state index contributed by atoms with van der Waals surface area (Å²) in [7, 11) is 0. The zero-order valence-corrected chi connectivity index (χ0v) is 22.2. The topological polar surface area (TPSA) is 46.2 Å². The minimum Gasteiger partial charge on any atom is -0.491 e. The molecule has 0 bridgehead atoms. The van der Waals surface area contributed by atoms with E-state index in [9.17, 15) is 0 Å². The van der Waals surface area contributed by atoms with Crippen LogP contribution in [0.4, 0.5) is 0 Å². The van der Waals surface area contributed by atoms with E-state index < -0.39 is 0 Å². The van der Waals surface area contributed by atoms with Gasteiger partial charge in [-0.3, -0.25) is 0 Å². The highest BCUT2D eigenvalue weighted by molar-refractivity contribution is 5.27. The maximum Gasteiger partial charge on any atom is 0.119 e. The highest BCUT2D eigenvalue weighted by Gasteiger charge is 1.98. The molecule has 5 nitrogen and oxygen atoms in total. The molecule has 0 aliphatic heterocycles. The zero-order chi connectivity index (χ0) is 24.4. The molecule has 1 aromatic rings. The lowest BCUT2D eigenvalue weighted by Gasteiger charge is -2.09. The lowest BCUT2D eigenvalue weighted by molar-refractivity contribution is -0.00486. The molecule has 0 aliphatic rings. The molecule has 0 saturated heterocycles.